The second-order valence-electron chi connectivity index (χ2n) is 6.37. The van der Waals surface area contributed by atoms with Gasteiger partial charge in [0.1, 0.15) is 5.92 Å². The van der Waals surface area contributed by atoms with E-state index < -0.39 is 17.3 Å². The lowest BCUT2D eigenvalue weighted by molar-refractivity contribution is -0.157. The van der Waals surface area contributed by atoms with Crippen LogP contribution < -0.4 is 5.32 Å². The number of methoxy groups -OCH3 is 1. The van der Waals surface area contributed by atoms with Gasteiger partial charge in [-0.15, -0.1) is 0 Å². The van der Waals surface area contributed by atoms with Crippen LogP contribution in [0, 0.1) is 11.3 Å². The van der Waals surface area contributed by atoms with Crippen LogP contribution in [0.4, 0.5) is 0 Å². The Morgan fingerprint density at radius 3 is 2.45 bits per heavy atom. The predicted octanol–water partition coefficient (Wildman–Crippen LogP) is 1.90. The standard InChI is InChI=1S/C15H27NO4/c1-6-20-14(18)12(15(2,3)4)13(17)16-10-8-7-9-11(10)19-5/h10-12H,6-9H2,1-5H3,(H,16,17). The Morgan fingerprint density at radius 1 is 1.30 bits per heavy atom. The smallest absolute Gasteiger partial charge is 0.319 e. The molecule has 3 atom stereocenters. The number of amides is 1. The van der Waals surface area contributed by atoms with Gasteiger partial charge in [-0.3, -0.25) is 9.59 Å². The number of rotatable bonds is 5. The van der Waals surface area contributed by atoms with E-state index in [1.54, 1.807) is 14.0 Å². The highest BCUT2D eigenvalue weighted by atomic mass is 16.5. The maximum atomic E-state index is 12.5. The van der Waals surface area contributed by atoms with Crippen molar-refractivity contribution < 1.29 is 19.1 Å². The van der Waals surface area contributed by atoms with Gasteiger partial charge in [-0.1, -0.05) is 20.8 Å². The molecule has 20 heavy (non-hydrogen) atoms. The first-order chi connectivity index (χ1) is 9.31. The van der Waals surface area contributed by atoms with Crippen LogP contribution in [-0.2, 0) is 19.1 Å². The van der Waals surface area contributed by atoms with E-state index in [9.17, 15) is 9.59 Å². The molecule has 1 aliphatic rings. The Morgan fingerprint density at radius 2 is 1.95 bits per heavy atom. The number of hydrogen-bond acceptors (Lipinski definition) is 4. The molecule has 1 rings (SSSR count). The van der Waals surface area contributed by atoms with E-state index in [0.29, 0.717) is 0 Å². The molecule has 0 heterocycles. The van der Waals surface area contributed by atoms with Crippen LogP contribution >= 0.6 is 0 Å². The van der Waals surface area contributed by atoms with Gasteiger partial charge in [0.05, 0.1) is 18.8 Å². The summed E-state index contributed by atoms with van der Waals surface area (Å²) in [6, 6.07) is -0.00761. The third kappa shape index (κ3) is 4.20. The van der Waals surface area contributed by atoms with Crippen molar-refractivity contribution in [2.45, 2.75) is 59.1 Å². The number of carbonyl (C=O) groups is 2. The predicted molar refractivity (Wildman–Crippen MR) is 76.2 cm³/mol. The molecular weight excluding hydrogens is 258 g/mol. The van der Waals surface area contributed by atoms with Crippen molar-refractivity contribution in [2.24, 2.45) is 11.3 Å². The number of ether oxygens (including phenoxy) is 2. The molecule has 0 aromatic heterocycles. The fraction of sp³-hybridized carbons (Fsp3) is 0.867. The van der Waals surface area contributed by atoms with E-state index >= 15 is 0 Å². The fourth-order valence-corrected chi connectivity index (χ4v) is 2.72. The molecule has 116 valence electrons. The van der Waals surface area contributed by atoms with Crippen LogP contribution in [0.1, 0.15) is 47.0 Å². The van der Waals surface area contributed by atoms with Gasteiger partial charge in [0, 0.05) is 7.11 Å². The third-order valence-electron chi connectivity index (χ3n) is 3.73. The molecule has 1 saturated carbocycles. The van der Waals surface area contributed by atoms with Crippen LogP contribution in [0.2, 0.25) is 0 Å². The maximum Gasteiger partial charge on any atom is 0.319 e. The molecule has 3 unspecified atom stereocenters. The summed E-state index contributed by atoms with van der Waals surface area (Å²) in [6.07, 6.45) is 2.91. The Kier molecular flexibility index (Phi) is 5.99. The zero-order chi connectivity index (χ0) is 15.3. The average molecular weight is 285 g/mol. The van der Waals surface area contributed by atoms with Crippen LogP contribution in [-0.4, -0.2) is 37.7 Å². The number of nitrogens with one attached hydrogen (secondary N) is 1. The summed E-state index contributed by atoms with van der Waals surface area (Å²) in [4.78, 5) is 24.5. The van der Waals surface area contributed by atoms with Gasteiger partial charge in [-0.25, -0.2) is 0 Å². The van der Waals surface area contributed by atoms with Gasteiger partial charge in [-0.05, 0) is 31.6 Å². The van der Waals surface area contributed by atoms with Crippen molar-refractivity contribution in [1.29, 1.82) is 0 Å². The molecule has 1 amide bonds. The molecule has 0 aliphatic heterocycles. The highest BCUT2D eigenvalue weighted by Crippen LogP contribution is 2.29. The van der Waals surface area contributed by atoms with Gasteiger partial charge >= 0.3 is 5.97 Å². The first-order valence-electron chi connectivity index (χ1n) is 7.31. The molecule has 0 radical (unpaired) electrons. The lowest BCUT2D eigenvalue weighted by Crippen LogP contribution is -2.49. The quantitative estimate of drug-likeness (QED) is 0.619. The average Bonchev–Trinajstić information content (AvgIpc) is 2.74. The number of hydrogen-bond donors (Lipinski definition) is 1. The zero-order valence-electron chi connectivity index (χ0n) is 13.2. The lowest BCUT2D eigenvalue weighted by Gasteiger charge is -2.30. The van der Waals surface area contributed by atoms with E-state index in [1.807, 2.05) is 20.8 Å². The Bertz CT molecular complexity index is 348. The highest BCUT2D eigenvalue weighted by Gasteiger charge is 2.41. The van der Waals surface area contributed by atoms with Gasteiger partial charge in [0.25, 0.3) is 0 Å². The molecule has 1 aliphatic carbocycles. The molecule has 5 nitrogen and oxygen atoms in total. The number of esters is 1. The third-order valence-corrected chi connectivity index (χ3v) is 3.73. The molecular formula is C15H27NO4. The molecule has 1 N–H and O–H groups in total. The summed E-state index contributed by atoms with van der Waals surface area (Å²) in [7, 11) is 1.65. The molecule has 0 spiro atoms. The minimum absolute atomic E-state index is 0.00761. The molecule has 1 fully saturated rings. The van der Waals surface area contributed by atoms with E-state index in [0.717, 1.165) is 19.3 Å². The minimum atomic E-state index is -0.791. The topological polar surface area (TPSA) is 64.6 Å². The van der Waals surface area contributed by atoms with Crippen molar-refractivity contribution in [3.63, 3.8) is 0 Å². The minimum Gasteiger partial charge on any atom is -0.465 e. The molecule has 0 aromatic carbocycles. The number of carbonyl (C=O) groups excluding carboxylic acids is 2. The van der Waals surface area contributed by atoms with E-state index in [1.165, 1.54) is 0 Å². The highest BCUT2D eigenvalue weighted by molar-refractivity contribution is 5.98. The Hall–Kier alpha value is -1.10. The van der Waals surface area contributed by atoms with Gasteiger partial charge in [0.2, 0.25) is 5.91 Å². The summed E-state index contributed by atoms with van der Waals surface area (Å²) in [5.74, 6) is -1.50. The van der Waals surface area contributed by atoms with Crippen molar-refractivity contribution in [3.8, 4) is 0 Å². The molecule has 5 heteroatoms. The first-order valence-corrected chi connectivity index (χ1v) is 7.31. The SMILES string of the molecule is CCOC(=O)C(C(=O)NC1CCCC1OC)C(C)(C)C. The monoisotopic (exact) mass is 285 g/mol. The normalized spacial score (nSPS) is 24.2. The molecule has 0 bridgehead atoms. The van der Waals surface area contributed by atoms with Crippen LogP contribution in [0.3, 0.4) is 0 Å². The lowest BCUT2D eigenvalue weighted by atomic mass is 9.80. The Balaban J connectivity index is 2.76. The van der Waals surface area contributed by atoms with Gasteiger partial charge in [-0.2, -0.15) is 0 Å². The van der Waals surface area contributed by atoms with E-state index in [2.05, 4.69) is 5.32 Å². The van der Waals surface area contributed by atoms with E-state index in [4.69, 9.17) is 9.47 Å². The van der Waals surface area contributed by atoms with Crippen LogP contribution in [0.5, 0.6) is 0 Å². The first kappa shape index (κ1) is 17.0. The zero-order valence-corrected chi connectivity index (χ0v) is 13.2. The summed E-state index contributed by atoms with van der Waals surface area (Å²) >= 11 is 0. The van der Waals surface area contributed by atoms with E-state index in [-0.39, 0.29) is 24.7 Å². The summed E-state index contributed by atoms with van der Waals surface area (Å²) in [5.41, 5.74) is -0.475. The van der Waals surface area contributed by atoms with Crippen molar-refractivity contribution in [2.75, 3.05) is 13.7 Å². The molecule has 0 aromatic rings. The van der Waals surface area contributed by atoms with Crippen molar-refractivity contribution in [3.05, 3.63) is 0 Å². The fourth-order valence-electron chi connectivity index (χ4n) is 2.72. The van der Waals surface area contributed by atoms with Crippen LogP contribution in [0.25, 0.3) is 0 Å². The maximum absolute atomic E-state index is 12.5. The summed E-state index contributed by atoms with van der Waals surface area (Å²) in [5, 5.41) is 2.96. The molecule has 0 saturated heterocycles. The van der Waals surface area contributed by atoms with Crippen molar-refractivity contribution in [1.82, 2.24) is 5.32 Å². The second-order valence-corrected chi connectivity index (χ2v) is 6.37. The summed E-state index contributed by atoms with van der Waals surface area (Å²) in [6.45, 7) is 7.64. The van der Waals surface area contributed by atoms with Gasteiger partial charge in [0.15, 0.2) is 0 Å². The summed E-state index contributed by atoms with van der Waals surface area (Å²) < 4.78 is 10.4. The Labute approximate surface area is 121 Å². The second kappa shape index (κ2) is 7.07. The largest absolute Gasteiger partial charge is 0.465 e. The van der Waals surface area contributed by atoms with Gasteiger partial charge < -0.3 is 14.8 Å². The van der Waals surface area contributed by atoms with Crippen LogP contribution in [0.15, 0.2) is 0 Å². The van der Waals surface area contributed by atoms with Crippen molar-refractivity contribution >= 4 is 11.9 Å².